The lowest BCUT2D eigenvalue weighted by Crippen LogP contribution is -2.25. The molecule has 1 saturated carbocycles. The van der Waals surface area contributed by atoms with Crippen molar-refractivity contribution in [2.45, 2.75) is 38.4 Å². The molecule has 15 heavy (non-hydrogen) atoms. The molecule has 1 aromatic rings. The van der Waals surface area contributed by atoms with E-state index in [0.717, 1.165) is 32.1 Å². The Morgan fingerprint density at radius 1 is 1.53 bits per heavy atom. The Labute approximate surface area is 94.5 Å². The van der Waals surface area contributed by atoms with Gasteiger partial charge in [-0.25, -0.2) is 4.98 Å². The van der Waals surface area contributed by atoms with Crippen LogP contribution in [0.4, 0.5) is 0 Å². The van der Waals surface area contributed by atoms with Crippen molar-refractivity contribution in [3.63, 3.8) is 0 Å². The van der Waals surface area contributed by atoms with E-state index in [4.69, 9.17) is 4.98 Å². The summed E-state index contributed by atoms with van der Waals surface area (Å²) in [7, 11) is 2.19. The first-order valence-corrected chi connectivity index (χ1v) is 6.52. The number of nitrogens with zero attached hydrogens (tertiary/aromatic N) is 2. The van der Waals surface area contributed by atoms with Crippen LogP contribution in [-0.4, -0.2) is 29.5 Å². The van der Waals surface area contributed by atoms with Gasteiger partial charge >= 0.3 is 0 Å². The second-order valence-electron chi connectivity index (χ2n) is 4.62. The van der Waals surface area contributed by atoms with Gasteiger partial charge < -0.3 is 10.2 Å². The maximum atomic E-state index is 4.71. The Bertz CT molecular complexity index is 357. The molecule has 1 N–H and O–H groups in total. The molecular weight excluding hydrogens is 206 g/mol. The number of thiazole rings is 1. The van der Waals surface area contributed by atoms with E-state index in [0.29, 0.717) is 0 Å². The molecule has 0 aromatic carbocycles. The minimum atomic E-state index is 0.786. The van der Waals surface area contributed by atoms with Crippen LogP contribution in [0, 0.1) is 0 Å². The molecule has 1 aliphatic carbocycles. The lowest BCUT2D eigenvalue weighted by molar-refractivity contribution is 0.314. The number of rotatable bonds is 3. The summed E-state index contributed by atoms with van der Waals surface area (Å²) >= 11 is 1.89. The number of fused-ring (bicyclic) bond motifs is 1. The zero-order chi connectivity index (χ0) is 10.3. The highest BCUT2D eigenvalue weighted by Crippen LogP contribution is 2.25. The van der Waals surface area contributed by atoms with Crippen molar-refractivity contribution in [1.29, 1.82) is 0 Å². The molecule has 1 fully saturated rings. The monoisotopic (exact) mass is 223 g/mol. The van der Waals surface area contributed by atoms with Crippen LogP contribution in [0.5, 0.6) is 0 Å². The third-order valence-corrected chi connectivity index (χ3v) is 4.17. The molecule has 0 saturated heterocycles. The predicted octanol–water partition coefficient (Wildman–Crippen LogP) is 1.38. The number of likely N-dealkylation sites (N-methyl/N-ethyl adjacent to an activating group) is 1. The SMILES string of the molecule is CN1CCc2nc(CNC3CC3)sc2C1. The van der Waals surface area contributed by atoms with Crippen LogP contribution in [0.1, 0.15) is 28.4 Å². The summed E-state index contributed by atoms with van der Waals surface area (Å²) in [4.78, 5) is 8.57. The van der Waals surface area contributed by atoms with Crippen molar-refractivity contribution >= 4 is 11.3 Å². The van der Waals surface area contributed by atoms with Crippen molar-refractivity contribution in [3.05, 3.63) is 15.6 Å². The van der Waals surface area contributed by atoms with Gasteiger partial charge in [-0.05, 0) is 19.9 Å². The lowest BCUT2D eigenvalue weighted by Gasteiger charge is -2.20. The van der Waals surface area contributed by atoms with Gasteiger partial charge in [0.2, 0.25) is 0 Å². The van der Waals surface area contributed by atoms with Gasteiger partial charge in [0.15, 0.2) is 0 Å². The van der Waals surface area contributed by atoms with Crippen molar-refractivity contribution < 1.29 is 0 Å². The largest absolute Gasteiger partial charge is 0.308 e. The molecule has 82 valence electrons. The second-order valence-corrected chi connectivity index (χ2v) is 5.79. The summed E-state index contributed by atoms with van der Waals surface area (Å²) in [5.41, 5.74) is 1.35. The average molecular weight is 223 g/mol. The molecule has 3 rings (SSSR count). The lowest BCUT2D eigenvalue weighted by atomic mass is 10.2. The van der Waals surface area contributed by atoms with Crippen LogP contribution in [0.25, 0.3) is 0 Å². The molecule has 0 amide bonds. The first kappa shape index (κ1) is 9.75. The van der Waals surface area contributed by atoms with Gasteiger partial charge in [0.05, 0.1) is 5.69 Å². The van der Waals surface area contributed by atoms with E-state index in [1.807, 2.05) is 11.3 Å². The molecule has 0 unspecified atom stereocenters. The highest BCUT2D eigenvalue weighted by molar-refractivity contribution is 7.11. The fourth-order valence-corrected chi connectivity index (χ4v) is 3.12. The highest BCUT2D eigenvalue weighted by atomic mass is 32.1. The first-order chi connectivity index (χ1) is 7.31. The smallest absolute Gasteiger partial charge is 0.107 e. The number of nitrogens with one attached hydrogen (secondary N) is 1. The van der Waals surface area contributed by atoms with E-state index in [1.165, 1.54) is 28.4 Å². The number of hydrogen-bond acceptors (Lipinski definition) is 4. The van der Waals surface area contributed by atoms with Crippen molar-refractivity contribution in [3.8, 4) is 0 Å². The van der Waals surface area contributed by atoms with E-state index in [-0.39, 0.29) is 0 Å². The van der Waals surface area contributed by atoms with Crippen LogP contribution in [0.15, 0.2) is 0 Å². The standard InChI is InChI=1S/C11H17N3S/c1-14-5-4-9-10(7-14)15-11(13-9)6-12-8-2-3-8/h8,12H,2-7H2,1H3. The topological polar surface area (TPSA) is 28.2 Å². The summed E-state index contributed by atoms with van der Waals surface area (Å²) in [6, 6.07) is 0.786. The molecule has 2 heterocycles. The predicted molar refractivity (Wildman–Crippen MR) is 62.0 cm³/mol. The number of hydrogen-bond donors (Lipinski definition) is 1. The fraction of sp³-hybridized carbons (Fsp3) is 0.727. The van der Waals surface area contributed by atoms with Crippen LogP contribution in [0.2, 0.25) is 0 Å². The molecule has 1 aromatic heterocycles. The van der Waals surface area contributed by atoms with Gasteiger partial charge in [0.25, 0.3) is 0 Å². The van der Waals surface area contributed by atoms with E-state index in [9.17, 15) is 0 Å². The van der Waals surface area contributed by atoms with Gasteiger partial charge in [-0.15, -0.1) is 11.3 Å². The van der Waals surface area contributed by atoms with Gasteiger partial charge in [0, 0.05) is 37.0 Å². The molecule has 0 bridgehead atoms. The Morgan fingerprint density at radius 2 is 2.40 bits per heavy atom. The molecule has 3 nitrogen and oxygen atoms in total. The first-order valence-electron chi connectivity index (χ1n) is 5.70. The van der Waals surface area contributed by atoms with Crippen molar-refractivity contribution in [2.75, 3.05) is 13.6 Å². The zero-order valence-electron chi connectivity index (χ0n) is 9.12. The Balaban J connectivity index is 1.68. The van der Waals surface area contributed by atoms with E-state index < -0.39 is 0 Å². The average Bonchev–Trinajstić information content (AvgIpc) is 2.95. The Morgan fingerprint density at radius 3 is 3.20 bits per heavy atom. The summed E-state index contributed by atoms with van der Waals surface area (Å²) in [5.74, 6) is 0. The second kappa shape index (κ2) is 3.85. The minimum absolute atomic E-state index is 0.786. The number of aromatic nitrogens is 1. The van der Waals surface area contributed by atoms with Gasteiger partial charge in [0.1, 0.15) is 5.01 Å². The normalized spacial score (nSPS) is 21.7. The van der Waals surface area contributed by atoms with E-state index in [2.05, 4.69) is 17.3 Å². The quantitative estimate of drug-likeness (QED) is 0.839. The zero-order valence-corrected chi connectivity index (χ0v) is 9.94. The van der Waals surface area contributed by atoms with Crippen LogP contribution >= 0.6 is 11.3 Å². The Kier molecular flexibility index (Phi) is 2.50. The highest BCUT2D eigenvalue weighted by Gasteiger charge is 2.22. The molecule has 0 spiro atoms. The molecule has 1 aliphatic heterocycles. The van der Waals surface area contributed by atoms with Crippen LogP contribution in [-0.2, 0) is 19.5 Å². The van der Waals surface area contributed by atoms with E-state index >= 15 is 0 Å². The minimum Gasteiger partial charge on any atom is -0.308 e. The molecule has 2 aliphatic rings. The van der Waals surface area contributed by atoms with Crippen molar-refractivity contribution in [1.82, 2.24) is 15.2 Å². The van der Waals surface area contributed by atoms with Gasteiger partial charge in [-0.1, -0.05) is 0 Å². The molecule has 0 radical (unpaired) electrons. The molecule has 4 heteroatoms. The van der Waals surface area contributed by atoms with Gasteiger partial charge in [-0.2, -0.15) is 0 Å². The van der Waals surface area contributed by atoms with E-state index in [1.54, 1.807) is 0 Å². The van der Waals surface area contributed by atoms with Crippen molar-refractivity contribution in [2.24, 2.45) is 0 Å². The maximum absolute atomic E-state index is 4.71. The van der Waals surface area contributed by atoms with Gasteiger partial charge in [-0.3, -0.25) is 0 Å². The third-order valence-electron chi connectivity index (χ3n) is 3.09. The third kappa shape index (κ3) is 2.22. The summed E-state index contributed by atoms with van der Waals surface area (Å²) in [6.45, 7) is 3.23. The summed E-state index contributed by atoms with van der Waals surface area (Å²) in [6.07, 6.45) is 3.84. The fourth-order valence-electron chi connectivity index (χ4n) is 1.97. The summed E-state index contributed by atoms with van der Waals surface area (Å²) in [5, 5.41) is 4.81. The summed E-state index contributed by atoms with van der Waals surface area (Å²) < 4.78 is 0. The maximum Gasteiger partial charge on any atom is 0.107 e. The molecule has 0 atom stereocenters. The Hall–Kier alpha value is -0.450. The van der Waals surface area contributed by atoms with Crippen LogP contribution in [0.3, 0.4) is 0 Å². The van der Waals surface area contributed by atoms with Crippen LogP contribution < -0.4 is 5.32 Å². The molecular formula is C11H17N3S.